The number of ether oxygens (including phenoxy) is 3. The van der Waals surface area contributed by atoms with Gasteiger partial charge in [0.2, 0.25) is 0 Å². The van der Waals surface area contributed by atoms with Gasteiger partial charge < -0.3 is 14.2 Å². The fourth-order valence-electron chi connectivity index (χ4n) is 2.78. The maximum atomic E-state index is 12.5. The number of carbonyl (C=O) groups excluding carboxylic acids is 3. The van der Waals surface area contributed by atoms with E-state index >= 15 is 0 Å². The van der Waals surface area contributed by atoms with E-state index in [1.165, 1.54) is 20.3 Å². The van der Waals surface area contributed by atoms with Crippen LogP contribution in [0.2, 0.25) is 5.02 Å². The minimum atomic E-state index is -0.677. The molecule has 1 saturated heterocycles. The first-order chi connectivity index (χ1) is 14.8. The molecule has 1 fully saturated rings. The summed E-state index contributed by atoms with van der Waals surface area (Å²) in [7, 11) is 2.67. The Morgan fingerprint density at radius 2 is 1.87 bits per heavy atom. The van der Waals surface area contributed by atoms with Gasteiger partial charge >= 0.3 is 5.97 Å². The van der Waals surface area contributed by atoms with Crippen LogP contribution in [0.25, 0.3) is 6.08 Å². The Balaban J connectivity index is 1.80. The maximum Gasteiger partial charge on any atom is 0.325 e. The number of methoxy groups -OCH3 is 2. The van der Waals surface area contributed by atoms with Gasteiger partial charge in [-0.25, -0.2) is 0 Å². The molecule has 0 aromatic heterocycles. The number of hydrogen-bond donors (Lipinski definition) is 0. The monoisotopic (exact) mass is 461 g/mol. The summed E-state index contributed by atoms with van der Waals surface area (Å²) < 4.78 is 15.8. The number of halogens is 1. The largest absolute Gasteiger partial charge is 0.493 e. The van der Waals surface area contributed by atoms with Gasteiger partial charge in [-0.3, -0.25) is 19.3 Å². The van der Waals surface area contributed by atoms with Gasteiger partial charge in [-0.1, -0.05) is 41.4 Å². The van der Waals surface area contributed by atoms with Crippen LogP contribution in [0.3, 0.4) is 0 Å². The third kappa shape index (κ3) is 5.39. The Kier molecular flexibility index (Phi) is 7.25. The third-order valence-corrected chi connectivity index (χ3v) is 5.63. The molecule has 0 spiro atoms. The summed E-state index contributed by atoms with van der Waals surface area (Å²) in [6, 6.07) is 11.2. The van der Waals surface area contributed by atoms with E-state index in [0.29, 0.717) is 28.7 Å². The van der Waals surface area contributed by atoms with Crippen molar-refractivity contribution in [2.45, 2.75) is 13.5 Å². The zero-order valence-corrected chi connectivity index (χ0v) is 18.7. The lowest BCUT2D eigenvalue weighted by atomic mass is 10.1. The molecular weight excluding hydrogens is 442 g/mol. The second-order valence-corrected chi connectivity index (χ2v) is 8.05. The first-order valence-electron chi connectivity index (χ1n) is 9.20. The van der Waals surface area contributed by atoms with E-state index in [1.54, 1.807) is 12.1 Å². The molecule has 0 radical (unpaired) electrons. The van der Waals surface area contributed by atoms with Crippen molar-refractivity contribution in [2.24, 2.45) is 0 Å². The highest BCUT2D eigenvalue weighted by molar-refractivity contribution is 8.18. The van der Waals surface area contributed by atoms with Gasteiger partial charge in [-0.15, -0.1) is 0 Å². The zero-order chi connectivity index (χ0) is 22.5. The molecule has 0 unspecified atom stereocenters. The number of rotatable bonds is 7. The van der Waals surface area contributed by atoms with Gasteiger partial charge in [-0.2, -0.15) is 0 Å². The molecule has 1 heterocycles. The molecule has 9 heteroatoms. The number of benzene rings is 2. The highest BCUT2D eigenvalue weighted by Crippen LogP contribution is 2.39. The molecule has 31 heavy (non-hydrogen) atoms. The topological polar surface area (TPSA) is 82.1 Å². The van der Waals surface area contributed by atoms with Crippen molar-refractivity contribution in [3.63, 3.8) is 0 Å². The number of amides is 2. The van der Waals surface area contributed by atoms with Gasteiger partial charge in [0.05, 0.1) is 24.1 Å². The van der Waals surface area contributed by atoms with Crippen molar-refractivity contribution < 1.29 is 28.6 Å². The van der Waals surface area contributed by atoms with Crippen LogP contribution in [0.5, 0.6) is 11.5 Å². The van der Waals surface area contributed by atoms with E-state index in [0.717, 1.165) is 27.8 Å². The van der Waals surface area contributed by atoms with Crippen LogP contribution in [0, 0.1) is 6.92 Å². The van der Waals surface area contributed by atoms with Crippen molar-refractivity contribution in [1.29, 1.82) is 0 Å². The number of imide groups is 1. The van der Waals surface area contributed by atoms with Crippen LogP contribution in [0.1, 0.15) is 16.7 Å². The molecule has 1 aliphatic rings. The number of nitrogens with zero attached hydrogens (tertiary/aromatic N) is 1. The Hall–Kier alpha value is -2.97. The normalized spacial score (nSPS) is 14.8. The molecule has 0 aliphatic carbocycles. The molecule has 2 aromatic rings. The fourth-order valence-corrected chi connectivity index (χ4v) is 3.90. The van der Waals surface area contributed by atoms with E-state index < -0.39 is 23.7 Å². The van der Waals surface area contributed by atoms with Crippen LogP contribution >= 0.6 is 23.4 Å². The first kappa shape index (κ1) is 22.7. The van der Waals surface area contributed by atoms with Crippen LogP contribution in [-0.4, -0.2) is 42.8 Å². The summed E-state index contributed by atoms with van der Waals surface area (Å²) in [4.78, 5) is 37.0. The molecule has 162 valence electrons. The quantitative estimate of drug-likeness (QED) is 0.445. The molecule has 7 nitrogen and oxygen atoms in total. The average molecular weight is 462 g/mol. The van der Waals surface area contributed by atoms with E-state index in [2.05, 4.69) is 4.74 Å². The lowest BCUT2D eigenvalue weighted by molar-refractivity contribution is -0.143. The van der Waals surface area contributed by atoms with Gasteiger partial charge in [-0.05, 0) is 48.0 Å². The lowest BCUT2D eigenvalue weighted by Gasteiger charge is -2.14. The van der Waals surface area contributed by atoms with Crippen LogP contribution < -0.4 is 9.47 Å². The third-order valence-electron chi connectivity index (χ3n) is 4.44. The predicted octanol–water partition coefficient (Wildman–Crippen LogP) is 4.45. The van der Waals surface area contributed by atoms with Gasteiger partial charge in [0, 0.05) is 0 Å². The Morgan fingerprint density at radius 1 is 1.16 bits per heavy atom. The Morgan fingerprint density at radius 3 is 2.52 bits per heavy atom. The fraction of sp³-hybridized carbons (Fsp3) is 0.227. The standard InChI is InChI=1S/C22H20ClNO6S/c1-13-4-6-14(7-5-13)12-30-20-16(23)8-15(9-17(20)28-2)10-18-21(26)24(22(27)31-18)11-19(25)29-3/h4-10H,11-12H2,1-3H3/b18-10-. The molecular formula is C22H20ClNO6S. The first-order valence-corrected chi connectivity index (χ1v) is 10.4. The lowest BCUT2D eigenvalue weighted by Crippen LogP contribution is -2.34. The minimum Gasteiger partial charge on any atom is -0.493 e. The molecule has 1 aliphatic heterocycles. The SMILES string of the molecule is COC(=O)CN1C(=O)S/C(=C\c2cc(Cl)c(OCc3ccc(C)cc3)c(OC)c2)C1=O. The predicted molar refractivity (Wildman–Crippen MR) is 118 cm³/mol. The molecule has 0 bridgehead atoms. The van der Waals surface area contributed by atoms with E-state index in [1.807, 2.05) is 31.2 Å². The molecule has 0 N–H and O–H groups in total. The number of aryl methyl sites for hydroxylation is 1. The number of esters is 1. The summed E-state index contributed by atoms with van der Waals surface area (Å²) in [5.74, 6) is -0.487. The summed E-state index contributed by atoms with van der Waals surface area (Å²) in [5.41, 5.74) is 2.68. The van der Waals surface area contributed by atoms with E-state index in [9.17, 15) is 14.4 Å². The molecule has 2 amide bonds. The van der Waals surface area contributed by atoms with Crippen molar-refractivity contribution in [3.05, 3.63) is 63.0 Å². The van der Waals surface area contributed by atoms with Crippen LogP contribution in [0.4, 0.5) is 4.79 Å². The highest BCUT2D eigenvalue weighted by Gasteiger charge is 2.36. The van der Waals surface area contributed by atoms with Crippen LogP contribution in [0.15, 0.2) is 41.3 Å². The second kappa shape index (κ2) is 9.89. The maximum absolute atomic E-state index is 12.5. The van der Waals surface area contributed by atoms with Crippen molar-refractivity contribution in [1.82, 2.24) is 4.90 Å². The van der Waals surface area contributed by atoms with Gasteiger partial charge in [0.25, 0.3) is 11.1 Å². The Labute approximate surface area is 188 Å². The van der Waals surface area contributed by atoms with Crippen molar-refractivity contribution in [2.75, 3.05) is 20.8 Å². The second-order valence-electron chi connectivity index (χ2n) is 6.65. The van der Waals surface area contributed by atoms with E-state index in [-0.39, 0.29) is 4.91 Å². The molecule has 3 rings (SSSR count). The minimum absolute atomic E-state index is 0.167. The number of carbonyl (C=O) groups is 3. The van der Waals surface area contributed by atoms with Gasteiger partial charge in [0.15, 0.2) is 11.5 Å². The summed E-state index contributed by atoms with van der Waals surface area (Å²) in [6.07, 6.45) is 1.51. The average Bonchev–Trinajstić information content (AvgIpc) is 3.01. The number of hydrogen-bond acceptors (Lipinski definition) is 7. The van der Waals surface area contributed by atoms with Crippen molar-refractivity contribution >= 4 is 46.6 Å². The zero-order valence-electron chi connectivity index (χ0n) is 17.1. The van der Waals surface area contributed by atoms with Gasteiger partial charge in [0.1, 0.15) is 13.2 Å². The molecule has 2 aromatic carbocycles. The molecule has 0 atom stereocenters. The smallest absolute Gasteiger partial charge is 0.325 e. The molecule has 0 saturated carbocycles. The summed E-state index contributed by atoms with van der Waals surface area (Å²) in [6.45, 7) is 1.88. The van der Waals surface area contributed by atoms with Crippen molar-refractivity contribution in [3.8, 4) is 11.5 Å². The summed E-state index contributed by atoms with van der Waals surface area (Å²) >= 11 is 7.14. The number of thioether (sulfide) groups is 1. The summed E-state index contributed by atoms with van der Waals surface area (Å²) in [5, 5.41) is -0.246. The highest BCUT2D eigenvalue weighted by atomic mass is 35.5. The Bertz CT molecular complexity index is 1050. The van der Waals surface area contributed by atoms with Crippen LogP contribution in [-0.2, 0) is 20.9 Å². The van der Waals surface area contributed by atoms with E-state index in [4.69, 9.17) is 21.1 Å².